The number of rotatable bonds is 1. The largest absolute Gasteiger partial charge is 0.493 e. The number of hydrogen-bond acceptors (Lipinski definition) is 4. The molecule has 2 heterocycles. The minimum atomic E-state index is -1.49. The molecule has 0 atom stereocenters. The Balaban J connectivity index is 2.49. The van der Waals surface area contributed by atoms with Crippen molar-refractivity contribution in [2.45, 2.75) is 6.42 Å². The van der Waals surface area contributed by atoms with Crippen LogP contribution in [0.5, 0.6) is 5.75 Å². The third-order valence-electron chi connectivity index (χ3n) is 1.89. The summed E-state index contributed by atoms with van der Waals surface area (Å²) in [6, 6.07) is 0. The third kappa shape index (κ3) is 1.07. The molecular formula is C7H8BNO3. The van der Waals surface area contributed by atoms with Crippen LogP contribution >= 0.6 is 0 Å². The van der Waals surface area contributed by atoms with Crippen LogP contribution < -0.4 is 10.2 Å². The Kier molecular flexibility index (Phi) is 1.75. The lowest BCUT2D eigenvalue weighted by Gasteiger charge is -2.04. The zero-order valence-electron chi connectivity index (χ0n) is 6.40. The van der Waals surface area contributed by atoms with Crippen LogP contribution in [0.3, 0.4) is 0 Å². The Morgan fingerprint density at radius 3 is 3.00 bits per heavy atom. The van der Waals surface area contributed by atoms with E-state index in [1.807, 2.05) is 0 Å². The third-order valence-corrected chi connectivity index (χ3v) is 1.89. The number of pyridine rings is 1. The van der Waals surface area contributed by atoms with Crippen molar-refractivity contribution in [1.29, 1.82) is 0 Å². The number of nitrogens with zero attached hydrogens (tertiary/aromatic N) is 1. The molecule has 1 aromatic rings. The second-order valence-electron chi connectivity index (χ2n) is 2.69. The zero-order chi connectivity index (χ0) is 8.55. The summed E-state index contributed by atoms with van der Waals surface area (Å²) in [5, 5.41) is 17.8. The molecule has 0 radical (unpaired) electrons. The summed E-state index contributed by atoms with van der Waals surface area (Å²) < 4.78 is 5.23. The van der Waals surface area contributed by atoms with Gasteiger partial charge >= 0.3 is 7.12 Å². The van der Waals surface area contributed by atoms with Gasteiger partial charge in [-0.05, 0) is 0 Å². The van der Waals surface area contributed by atoms with Crippen LogP contribution in [0, 0.1) is 0 Å². The van der Waals surface area contributed by atoms with Crippen LogP contribution in [0.2, 0.25) is 0 Å². The number of aromatic nitrogens is 1. The molecule has 1 aliphatic rings. The van der Waals surface area contributed by atoms with Gasteiger partial charge in [0.25, 0.3) is 0 Å². The first-order valence-corrected chi connectivity index (χ1v) is 3.75. The van der Waals surface area contributed by atoms with E-state index in [0.29, 0.717) is 17.8 Å². The molecule has 0 saturated carbocycles. The van der Waals surface area contributed by atoms with Crippen LogP contribution in [0.25, 0.3) is 0 Å². The summed E-state index contributed by atoms with van der Waals surface area (Å²) in [6.45, 7) is 0.598. The van der Waals surface area contributed by atoms with Gasteiger partial charge in [-0.2, -0.15) is 0 Å². The van der Waals surface area contributed by atoms with Crippen LogP contribution in [0.15, 0.2) is 12.4 Å². The fourth-order valence-electron chi connectivity index (χ4n) is 1.31. The molecule has 2 N–H and O–H groups in total. The molecule has 0 amide bonds. The molecule has 0 spiro atoms. The molecule has 1 aliphatic heterocycles. The maximum atomic E-state index is 8.92. The molecule has 4 nitrogen and oxygen atoms in total. The van der Waals surface area contributed by atoms with E-state index in [1.165, 1.54) is 6.20 Å². The monoisotopic (exact) mass is 165 g/mol. The Hall–Kier alpha value is -1.07. The quantitative estimate of drug-likeness (QED) is 0.507. The highest BCUT2D eigenvalue weighted by Crippen LogP contribution is 2.21. The van der Waals surface area contributed by atoms with Crippen molar-refractivity contribution in [2.75, 3.05) is 6.61 Å². The highest BCUT2D eigenvalue weighted by molar-refractivity contribution is 6.59. The summed E-state index contributed by atoms with van der Waals surface area (Å²) in [5.74, 6) is 0.583. The topological polar surface area (TPSA) is 62.6 Å². The highest BCUT2D eigenvalue weighted by Gasteiger charge is 2.23. The van der Waals surface area contributed by atoms with Crippen molar-refractivity contribution in [3.63, 3.8) is 0 Å². The van der Waals surface area contributed by atoms with Gasteiger partial charge in [-0.15, -0.1) is 0 Å². The Bertz CT molecular complexity index is 303. The van der Waals surface area contributed by atoms with Gasteiger partial charge in [0.05, 0.1) is 6.61 Å². The number of ether oxygens (including phenoxy) is 1. The van der Waals surface area contributed by atoms with E-state index in [2.05, 4.69) is 4.98 Å². The van der Waals surface area contributed by atoms with Crippen LogP contribution in [0.4, 0.5) is 0 Å². The molecule has 0 aliphatic carbocycles. The lowest BCUT2D eigenvalue weighted by atomic mass is 9.80. The predicted octanol–water partition coefficient (Wildman–Crippen LogP) is -1.30. The molecule has 0 unspecified atom stereocenters. The Morgan fingerprint density at radius 2 is 2.25 bits per heavy atom. The molecule has 0 bridgehead atoms. The molecule has 0 saturated heterocycles. The van der Waals surface area contributed by atoms with Gasteiger partial charge in [0.15, 0.2) is 0 Å². The molecule has 12 heavy (non-hydrogen) atoms. The molecule has 2 rings (SSSR count). The van der Waals surface area contributed by atoms with Gasteiger partial charge in [-0.25, -0.2) is 0 Å². The second-order valence-corrected chi connectivity index (χ2v) is 2.69. The normalized spacial score (nSPS) is 13.8. The first kappa shape index (κ1) is 7.58. The number of hydrogen-bond donors (Lipinski definition) is 2. The summed E-state index contributed by atoms with van der Waals surface area (Å²) >= 11 is 0. The summed E-state index contributed by atoms with van der Waals surface area (Å²) in [4.78, 5) is 3.88. The fourth-order valence-corrected chi connectivity index (χ4v) is 1.31. The number of fused-ring (bicyclic) bond motifs is 1. The van der Waals surface area contributed by atoms with Crippen molar-refractivity contribution >= 4 is 12.6 Å². The van der Waals surface area contributed by atoms with Crippen molar-refractivity contribution in [2.24, 2.45) is 0 Å². The van der Waals surface area contributed by atoms with Crippen LogP contribution in [0.1, 0.15) is 5.56 Å². The standard InChI is InChI=1S/C7H8BNO3/c10-8(11)6-4-9-3-5-1-2-12-7(5)6/h3-4,10-11H,1-2H2. The van der Waals surface area contributed by atoms with E-state index >= 15 is 0 Å². The first-order chi connectivity index (χ1) is 5.79. The Morgan fingerprint density at radius 1 is 1.42 bits per heavy atom. The molecule has 62 valence electrons. The highest BCUT2D eigenvalue weighted by atomic mass is 16.5. The summed E-state index contributed by atoms with van der Waals surface area (Å²) in [6.07, 6.45) is 3.89. The van der Waals surface area contributed by atoms with Crippen molar-refractivity contribution < 1.29 is 14.8 Å². The minimum absolute atomic E-state index is 0.352. The SMILES string of the molecule is OB(O)c1cncc2c1OCC2. The van der Waals surface area contributed by atoms with Gasteiger partial charge < -0.3 is 14.8 Å². The fraction of sp³-hybridized carbons (Fsp3) is 0.286. The van der Waals surface area contributed by atoms with Gasteiger partial charge in [0, 0.05) is 29.8 Å². The molecule has 5 heteroatoms. The van der Waals surface area contributed by atoms with Crippen LogP contribution in [-0.2, 0) is 6.42 Å². The summed E-state index contributed by atoms with van der Waals surface area (Å²) in [5.41, 5.74) is 1.30. The Labute approximate surface area is 70.0 Å². The minimum Gasteiger partial charge on any atom is -0.493 e. The van der Waals surface area contributed by atoms with E-state index < -0.39 is 7.12 Å². The van der Waals surface area contributed by atoms with Gasteiger partial charge in [-0.1, -0.05) is 0 Å². The van der Waals surface area contributed by atoms with Crippen LogP contribution in [-0.4, -0.2) is 28.8 Å². The average molecular weight is 165 g/mol. The predicted molar refractivity (Wildman–Crippen MR) is 43.3 cm³/mol. The second kappa shape index (κ2) is 2.77. The van der Waals surface area contributed by atoms with E-state index in [9.17, 15) is 0 Å². The van der Waals surface area contributed by atoms with Crippen molar-refractivity contribution in [3.8, 4) is 5.75 Å². The van der Waals surface area contributed by atoms with E-state index in [4.69, 9.17) is 14.8 Å². The van der Waals surface area contributed by atoms with Crippen molar-refractivity contribution in [1.82, 2.24) is 4.98 Å². The van der Waals surface area contributed by atoms with E-state index in [1.54, 1.807) is 6.20 Å². The first-order valence-electron chi connectivity index (χ1n) is 3.75. The maximum Gasteiger partial charge on any atom is 0.493 e. The lowest BCUT2D eigenvalue weighted by Crippen LogP contribution is -2.31. The van der Waals surface area contributed by atoms with E-state index in [0.717, 1.165) is 12.0 Å². The van der Waals surface area contributed by atoms with Crippen molar-refractivity contribution in [3.05, 3.63) is 18.0 Å². The van der Waals surface area contributed by atoms with Gasteiger partial charge in [0.1, 0.15) is 5.75 Å². The molecule has 1 aromatic heterocycles. The maximum absolute atomic E-state index is 8.92. The lowest BCUT2D eigenvalue weighted by molar-refractivity contribution is 0.355. The summed E-state index contributed by atoms with van der Waals surface area (Å²) in [7, 11) is -1.49. The average Bonchev–Trinajstić information content (AvgIpc) is 2.49. The molecule has 0 fully saturated rings. The smallest absolute Gasteiger partial charge is 0.493 e. The molecular weight excluding hydrogens is 157 g/mol. The van der Waals surface area contributed by atoms with Gasteiger partial charge in [-0.3, -0.25) is 4.98 Å². The van der Waals surface area contributed by atoms with Gasteiger partial charge in [0.2, 0.25) is 0 Å². The zero-order valence-corrected chi connectivity index (χ0v) is 6.40. The molecule has 0 aromatic carbocycles. The van der Waals surface area contributed by atoms with E-state index in [-0.39, 0.29) is 0 Å².